The Bertz CT molecular complexity index is 526. The third-order valence-electron chi connectivity index (χ3n) is 1.74. The highest BCUT2D eigenvalue weighted by Crippen LogP contribution is 2.15. The van der Waals surface area contributed by atoms with Gasteiger partial charge in [-0.05, 0) is 6.92 Å². The summed E-state index contributed by atoms with van der Waals surface area (Å²) < 4.78 is 4.78. The number of rotatable bonds is 2. The van der Waals surface area contributed by atoms with E-state index >= 15 is 0 Å². The van der Waals surface area contributed by atoms with Gasteiger partial charge in [-0.1, -0.05) is 16.8 Å². The molecule has 2 rings (SSSR count). The maximum Gasteiger partial charge on any atom is 0.295 e. The van der Waals surface area contributed by atoms with Gasteiger partial charge < -0.3 is 9.84 Å². The van der Waals surface area contributed by atoms with Crippen molar-refractivity contribution in [1.82, 2.24) is 15.1 Å². The van der Waals surface area contributed by atoms with Crippen LogP contribution < -0.4 is 5.32 Å². The summed E-state index contributed by atoms with van der Waals surface area (Å²) >= 11 is 5.73. The fourth-order valence-electron chi connectivity index (χ4n) is 1.04. The van der Waals surface area contributed by atoms with Crippen LogP contribution in [0.2, 0.25) is 5.15 Å². The number of hydrogen-bond acceptors (Lipinski definition) is 5. The molecule has 2 aromatic rings. The summed E-state index contributed by atoms with van der Waals surface area (Å²) in [6, 6.07) is 1.51. The third kappa shape index (κ3) is 2.17. The summed E-state index contributed by atoms with van der Waals surface area (Å²) in [4.78, 5) is 19.2. The van der Waals surface area contributed by atoms with E-state index in [1.165, 1.54) is 18.5 Å². The Labute approximate surface area is 95.6 Å². The van der Waals surface area contributed by atoms with E-state index in [2.05, 4.69) is 20.4 Å². The summed E-state index contributed by atoms with van der Waals surface area (Å²) in [5.41, 5.74) is 0.621. The highest BCUT2D eigenvalue weighted by molar-refractivity contribution is 6.32. The summed E-state index contributed by atoms with van der Waals surface area (Å²) in [6.07, 6.45) is 2.85. The SMILES string of the molecule is Cc1cc(C(=O)Nc2nccnc2Cl)on1. The molecule has 0 fully saturated rings. The molecule has 7 heteroatoms. The molecule has 0 saturated heterocycles. The second kappa shape index (κ2) is 4.28. The van der Waals surface area contributed by atoms with Crippen molar-refractivity contribution in [3.05, 3.63) is 35.1 Å². The third-order valence-corrected chi connectivity index (χ3v) is 2.01. The van der Waals surface area contributed by atoms with E-state index in [1.54, 1.807) is 6.92 Å². The van der Waals surface area contributed by atoms with Gasteiger partial charge in [0, 0.05) is 18.5 Å². The summed E-state index contributed by atoms with van der Waals surface area (Å²) in [5.74, 6) is -0.189. The molecule has 0 radical (unpaired) electrons. The van der Waals surface area contributed by atoms with Gasteiger partial charge in [-0.25, -0.2) is 9.97 Å². The molecular weight excluding hydrogens is 232 g/mol. The van der Waals surface area contributed by atoms with E-state index in [9.17, 15) is 4.79 Å². The highest BCUT2D eigenvalue weighted by atomic mass is 35.5. The van der Waals surface area contributed by atoms with Crippen molar-refractivity contribution in [2.75, 3.05) is 5.32 Å². The molecule has 0 unspecified atom stereocenters. The lowest BCUT2D eigenvalue weighted by atomic mass is 10.4. The molecule has 1 amide bonds. The number of anilines is 1. The molecular formula is C9H7ClN4O2. The normalized spacial score (nSPS) is 10.1. The number of carbonyl (C=O) groups is 1. The predicted molar refractivity (Wildman–Crippen MR) is 56.2 cm³/mol. The van der Waals surface area contributed by atoms with E-state index in [0.29, 0.717) is 5.69 Å². The lowest BCUT2D eigenvalue weighted by Crippen LogP contribution is -2.12. The van der Waals surface area contributed by atoms with Gasteiger partial charge in [0.25, 0.3) is 5.91 Å². The average Bonchev–Trinajstić information content (AvgIpc) is 2.68. The Hall–Kier alpha value is -1.95. The first-order chi connectivity index (χ1) is 7.66. The molecule has 0 spiro atoms. The van der Waals surface area contributed by atoms with Crippen LogP contribution in [0.25, 0.3) is 0 Å². The topological polar surface area (TPSA) is 80.9 Å². The smallest absolute Gasteiger partial charge is 0.295 e. The van der Waals surface area contributed by atoms with E-state index in [4.69, 9.17) is 16.1 Å². The van der Waals surface area contributed by atoms with Gasteiger partial charge in [-0.2, -0.15) is 0 Å². The van der Waals surface area contributed by atoms with Crippen LogP contribution in [-0.4, -0.2) is 21.0 Å². The average molecular weight is 239 g/mol. The van der Waals surface area contributed by atoms with Crippen molar-refractivity contribution in [2.45, 2.75) is 6.92 Å². The molecule has 82 valence electrons. The first-order valence-corrected chi connectivity index (χ1v) is 4.76. The zero-order chi connectivity index (χ0) is 11.5. The van der Waals surface area contributed by atoms with Crippen molar-refractivity contribution in [1.29, 1.82) is 0 Å². The summed E-state index contributed by atoms with van der Waals surface area (Å²) in [5, 5.41) is 6.18. The van der Waals surface area contributed by atoms with Crippen molar-refractivity contribution >= 4 is 23.3 Å². The second-order valence-corrected chi connectivity index (χ2v) is 3.34. The molecule has 0 atom stereocenters. The molecule has 0 aliphatic rings. The first kappa shape index (κ1) is 10.6. The molecule has 0 bridgehead atoms. The summed E-state index contributed by atoms with van der Waals surface area (Å²) in [6.45, 7) is 1.72. The first-order valence-electron chi connectivity index (χ1n) is 4.38. The number of aryl methyl sites for hydroxylation is 1. The Morgan fingerprint density at radius 1 is 1.44 bits per heavy atom. The number of nitrogens with one attached hydrogen (secondary N) is 1. The quantitative estimate of drug-likeness (QED) is 0.861. The number of aromatic nitrogens is 3. The van der Waals surface area contributed by atoms with Crippen molar-refractivity contribution in [2.24, 2.45) is 0 Å². The Balaban J connectivity index is 2.17. The molecule has 0 aliphatic heterocycles. The Kier molecular flexibility index (Phi) is 2.82. The number of carbonyl (C=O) groups excluding carboxylic acids is 1. The predicted octanol–water partition coefficient (Wildman–Crippen LogP) is 1.68. The minimum atomic E-state index is -0.469. The zero-order valence-corrected chi connectivity index (χ0v) is 9.02. The van der Waals surface area contributed by atoms with Crippen LogP contribution in [-0.2, 0) is 0 Å². The van der Waals surface area contributed by atoms with Gasteiger partial charge in [-0.3, -0.25) is 4.79 Å². The van der Waals surface area contributed by atoms with Gasteiger partial charge in [0.05, 0.1) is 5.69 Å². The van der Waals surface area contributed by atoms with Crippen LogP contribution in [0.5, 0.6) is 0 Å². The van der Waals surface area contributed by atoms with Crippen LogP contribution in [0.3, 0.4) is 0 Å². The van der Waals surface area contributed by atoms with Gasteiger partial charge in [0.1, 0.15) is 0 Å². The molecule has 0 aromatic carbocycles. The largest absolute Gasteiger partial charge is 0.351 e. The van der Waals surface area contributed by atoms with Crippen LogP contribution in [0, 0.1) is 6.92 Å². The number of hydrogen-bond donors (Lipinski definition) is 1. The fourth-order valence-corrected chi connectivity index (χ4v) is 1.20. The molecule has 6 nitrogen and oxygen atoms in total. The Morgan fingerprint density at radius 2 is 2.19 bits per heavy atom. The maximum absolute atomic E-state index is 11.6. The van der Waals surface area contributed by atoms with Crippen molar-refractivity contribution in [3.8, 4) is 0 Å². The second-order valence-electron chi connectivity index (χ2n) is 2.98. The van der Waals surface area contributed by atoms with Crippen LogP contribution in [0.1, 0.15) is 16.2 Å². The van der Waals surface area contributed by atoms with Crippen LogP contribution in [0.15, 0.2) is 23.0 Å². The molecule has 2 aromatic heterocycles. The molecule has 2 heterocycles. The van der Waals surface area contributed by atoms with E-state index in [-0.39, 0.29) is 16.7 Å². The minimum absolute atomic E-state index is 0.0965. The van der Waals surface area contributed by atoms with Crippen LogP contribution >= 0.6 is 11.6 Å². The molecule has 0 saturated carbocycles. The Morgan fingerprint density at radius 3 is 2.81 bits per heavy atom. The van der Waals surface area contributed by atoms with Gasteiger partial charge in [0.15, 0.2) is 11.0 Å². The zero-order valence-electron chi connectivity index (χ0n) is 8.27. The standard InChI is InChI=1S/C9H7ClN4O2/c1-5-4-6(16-14-5)9(15)13-8-7(10)11-2-3-12-8/h2-4H,1H3,(H,12,13,15). The van der Waals surface area contributed by atoms with E-state index in [1.807, 2.05) is 0 Å². The van der Waals surface area contributed by atoms with Crippen LogP contribution in [0.4, 0.5) is 5.82 Å². The van der Waals surface area contributed by atoms with Gasteiger partial charge >= 0.3 is 0 Å². The minimum Gasteiger partial charge on any atom is -0.351 e. The molecule has 1 N–H and O–H groups in total. The lowest BCUT2D eigenvalue weighted by molar-refractivity contribution is 0.0987. The monoisotopic (exact) mass is 238 g/mol. The fraction of sp³-hybridized carbons (Fsp3) is 0.111. The van der Waals surface area contributed by atoms with Gasteiger partial charge in [0.2, 0.25) is 5.76 Å². The summed E-state index contributed by atoms with van der Waals surface area (Å²) in [7, 11) is 0. The van der Waals surface area contributed by atoms with E-state index < -0.39 is 5.91 Å². The van der Waals surface area contributed by atoms with Crippen molar-refractivity contribution < 1.29 is 9.32 Å². The van der Waals surface area contributed by atoms with Gasteiger partial charge in [-0.15, -0.1) is 0 Å². The number of amides is 1. The maximum atomic E-state index is 11.6. The van der Waals surface area contributed by atoms with Crippen molar-refractivity contribution in [3.63, 3.8) is 0 Å². The number of halogens is 1. The molecule has 16 heavy (non-hydrogen) atoms. The highest BCUT2D eigenvalue weighted by Gasteiger charge is 2.14. The number of nitrogens with zero attached hydrogens (tertiary/aromatic N) is 3. The van der Waals surface area contributed by atoms with E-state index in [0.717, 1.165) is 0 Å². The lowest BCUT2D eigenvalue weighted by Gasteiger charge is -2.01. The molecule has 0 aliphatic carbocycles.